The molecule has 4 amide bonds. The molecule has 5 heterocycles. The van der Waals surface area contributed by atoms with Crippen molar-refractivity contribution in [3.8, 4) is 22.3 Å². The topological polar surface area (TPSA) is 170 Å². The maximum absolute atomic E-state index is 13.8. The number of nitrogens with one attached hydrogen (secondary N) is 4. The maximum Gasteiger partial charge on any atom is 2.00 e. The summed E-state index contributed by atoms with van der Waals surface area (Å²) in [5.41, 5.74) is 9.27. The molecule has 13 heteroatoms. The van der Waals surface area contributed by atoms with E-state index >= 15 is 0 Å². The van der Waals surface area contributed by atoms with Gasteiger partial charge in [-0.05, 0) is 107 Å². The molecule has 4 aliphatic carbocycles. The number of carbonyl (C=O) groups is 4. The molecule has 6 aliphatic rings. The average molecular weight is 964 g/mol. The summed E-state index contributed by atoms with van der Waals surface area (Å²) in [6.45, 7) is 16.8. The number of carbonyl (C=O) groups excluding carboxylic acids is 4. The first-order valence-electron chi connectivity index (χ1n) is 23.7. The fourth-order valence-corrected chi connectivity index (χ4v) is 10.1. The molecular weight excluding hydrogens is 908 g/mol. The molecule has 4 saturated carbocycles. The van der Waals surface area contributed by atoms with Crippen LogP contribution in [-0.2, 0) is 36.0 Å². The van der Waals surface area contributed by atoms with Crippen LogP contribution >= 0.6 is 0 Å². The van der Waals surface area contributed by atoms with Crippen molar-refractivity contribution in [3.05, 3.63) is 95.6 Å². The van der Waals surface area contributed by atoms with E-state index < -0.39 is 0 Å². The summed E-state index contributed by atoms with van der Waals surface area (Å²) in [5.74, 6) is -0.832. The second-order valence-corrected chi connectivity index (χ2v) is 22.5. The number of fused-ring (bicyclic) bond motifs is 8. The van der Waals surface area contributed by atoms with Gasteiger partial charge in [-0.15, -0.1) is 22.1 Å². The van der Waals surface area contributed by atoms with Crippen molar-refractivity contribution < 1.29 is 36.0 Å². The molecule has 0 saturated heterocycles. The van der Waals surface area contributed by atoms with E-state index in [1.165, 1.54) is 0 Å². The molecule has 2 aliphatic heterocycles. The Kier molecular flexibility index (Phi) is 10.9. The SMILES string of the molecule is CC1(C)C[C@@H]1C(=O)Nc1cccc(NC(=O)[C@@H]2CC2(C)C)c1-c1c2nc(cc3ccc([n-]3)c(-c3c(NC(=O)[C@H]4CC4(C)C)cccc3NC(=O)[C@@H]3CC3(C)C)c3nc(cc4ccc1[n-]4)C=C3)C=C2.[Co+2]. The van der Waals surface area contributed by atoms with Crippen LogP contribution < -0.4 is 31.2 Å². The molecule has 12 nitrogen and oxygen atoms in total. The third-order valence-corrected chi connectivity index (χ3v) is 15.2. The number of amides is 4. The van der Waals surface area contributed by atoms with E-state index in [0.29, 0.717) is 89.8 Å². The van der Waals surface area contributed by atoms with Crippen LogP contribution in [0.5, 0.6) is 0 Å². The monoisotopic (exact) mass is 963 g/mol. The van der Waals surface area contributed by atoms with Crippen LogP contribution in [0.25, 0.3) is 68.6 Å². The summed E-state index contributed by atoms with van der Waals surface area (Å²) in [6.07, 6.45) is 10.9. The Morgan fingerprint density at radius 1 is 0.449 bits per heavy atom. The first-order valence-corrected chi connectivity index (χ1v) is 23.7. The third kappa shape index (κ3) is 8.75. The van der Waals surface area contributed by atoms with Crippen molar-refractivity contribution in [3.63, 3.8) is 0 Å². The number of hydrogen-bond donors (Lipinski definition) is 4. The molecule has 4 atom stereocenters. The molecule has 4 fully saturated rings. The summed E-state index contributed by atoms with van der Waals surface area (Å²) < 4.78 is 0. The first-order chi connectivity index (χ1) is 32.2. The van der Waals surface area contributed by atoms with E-state index in [1.54, 1.807) is 0 Å². The van der Waals surface area contributed by atoms with E-state index in [1.807, 2.05) is 97.1 Å². The number of nitrogens with zero attached hydrogens (tertiary/aromatic N) is 4. The average Bonchev–Trinajstić information content (AvgIpc) is 4.09. The zero-order valence-corrected chi connectivity index (χ0v) is 41.2. The summed E-state index contributed by atoms with van der Waals surface area (Å²) in [5, 5.41) is 13.0. The van der Waals surface area contributed by atoms with Crippen LogP contribution in [0.2, 0.25) is 0 Å². The van der Waals surface area contributed by atoms with E-state index in [9.17, 15) is 19.2 Å². The number of anilines is 4. The van der Waals surface area contributed by atoms with Crippen LogP contribution in [0, 0.1) is 45.3 Å². The van der Waals surface area contributed by atoms with Gasteiger partial charge in [-0.1, -0.05) is 104 Å². The molecule has 0 unspecified atom stereocenters. The molecule has 3 aromatic heterocycles. The number of benzene rings is 2. The minimum absolute atomic E-state index is 0. The summed E-state index contributed by atoms with van der Waals surface area (Å²) in [4.78, 5) is 76.0. The van der Waals surface area contributed by atoms with E-state index in [4.69, 9.17) is 19.9 Å². The Morgan fingerprint density at radius 2 is 0.739 bits per heavy atom. The van der Waals surface area contributed by atoms with Crippen molar-refractivity contribution in [2.45, 2.75) is 81.1 Å². The third-order valence-electron chi connectivity index (χ3n) is 15.2. The zero-order chi connectivity index (χ0) is 47.7. The van der Waals surface area contributed by atoms with Crippen molar-refractivity contribution in [2.24, 2.45) is 45.3 Å². The van der Waals surface area contributed by atoms with Crippen molar-refractivity contribution >= 4 is 92.7 Å². The Bertz CT molecular complexity index is 2950. The summed E-state index contributed by atoms with van der Waals surface area (Å²) in [7, 11) is 0. The van der Waals surface area contributed by atoms with Gasteiger partial charge in [0.1, 0.15) is 0 Å². The van der Waals surface area contributed by atoms with E-state index in [2.05, 4.69) is 76.7 Å². The minimum atomic E-state index is -0.135. The van der Waals surface area contributed by atoms with E-state index in [-0.39, 0.29) is 85.7 Å². The smallest absolute Gasteiger partial charge is 0.657 e. The summed E-state index contributed by atoms with van der Waals surface area (Å²) >= 11 is 0. The number of hydrogen-bond acceptors (Lipinski definition) is 6. The molecular formula is C56H56CoN8O4. The predicted octanol–water partition coefficient (Wildman–Crippen LogP) is 11.2. The van der Waals surface area contributed by atoms with Gasteiger partial charge < -0.3 is 31.2 Å². The quantitative estimate of drug-likeness (QED) is 0.105. The number of aromatic nitrogens is 4. The van der Waals surface area contributed by atoms with E-state index in [0.717, 1.165) is 25.7 Å². The minimum Gasteiger partial charge on any atom is -0.657 e. The second-order valence-electron chi connectivity index (χ2n) is 22.5. The van der Waals surface area contributed by atoms with Crippen LogP contribution in [0.1, 0.15) is 104 Å². The van der Waals surface area contributed by atoms with Crippen LogP contribution in [-0.4, -0.2) is 33.6 Å². The van der Waals surface area contributed by atoms with Gasteiger partial charge >= 0.3 is 16.8 Å². The van der Waals surface area contributed by atoms with Gasteiger partial charge in [0.2, 0.25) is 23.6 Å². The van der Waals surface area contributed by atoms with Gasteiger partial charge in [0.15, 0.2) is 0 Å². The fraction of sp³-hybridized carbons (Fsp3) is 0.357. The molecule has 5 aromatic rings. The first kappa shape index (κ1) is 46.2. The van der Waals surface area contributed by atoms with Gasteiger partial charge in [-0.25, -0.2) is 9.97 Å². The molecule has 353 valence electrons. The van der Waals surface area contributed by atoms with Crippen molar-refractivity contribution in [2.75, 3.05) is 21.3 Å². The van der Waals surface area contributed by atoms with Crippen LogP contribution in [0.4, 0.5) is 22.7 Å². The maximum atomic E-state index is 13.8. The predicted molar refractivity (Wildman–Crippen MR) is 270 cm³/mol. The molecule has 11 rings (SSSR count). The molecule has 0 spiro atoms. The Balaban J connectivity index is 0.00000553. The van der Waals surface area contributed by atoms with Gasteiger partial charge in [-0.2, -0.15) is 0 Å². The van der Waals surface area contributed by atoms with Crippen molar-refractivity contribution in [1.29, 1.82) is 0 Å². The van der Waals surface area contributed by atoms with Gasteiger partial charge in [0.25, 0.3) is 0 Å². The van der Waals surface area contributed by atoms with Crippen LogP contribution in [0.15, 0.2) is 72.8 Å². The van der Waals surface area contributed by atoms with Gasteiger partial charge in [0, 0.05) is 34.8 Å². The summed E-state index contributed by atoms with van der Waals surface area (Å²) in [6, 6.07) is 22.7. The van der Waals surface area contributed by atoms with Crippen molar-refractivity contribution in [1.82, 2.24) is 19.9 Å². The standard InChI is InChI=1S/C56H58N8O4.Co/c1-53(2)25-33(53)49(65)61-37-11-9-12-38(62-50(66)34-26-54(34,3)4)45(37)47-41-19-15-29(57-41)23-31-17-21-43(59-31)48(44-22-18-32(60-44)24-30-16-20-42(47)58-30)46-39(63-51(67)35-27-55(35,5)6)13-10-14-40(46)64-52(68)36-28-56(36,7)8;/h9-24,33-36H,25-28H2,1-8H3,(H6,57,58,59,60,61,62,63,64,65,66,67,68);/q;+2/p-2/t33-,34+,35-,36+;. The molecule has 8 bridgehead atoms. The number of rotatable bonds is 10. The second kappa shape index (κ2) is 16.3. The van der Waals surface area contributed by atoms with Gasteiger partial charge in [0.05, 0.1) is 45.5 Å². The van der Waals surface area contributed by atoms with Gasteiger partial charge in [-0.3, -0.25) is 19.2 Å². The molecule has 69 heavy (non-hydrogen) atoms. The normalized spacial score (nSPS) is 22.1. The Morgan fingerprint density at radius 3 is 1.01 bits per heavy atom. The zero-order valence-electron chi connectivity index (χ0n) is 40.1. The fourth-order valence-electron chi connectivity index (χ4n) is 10.1. The molecule has 2 aromatic carbocycles. The molecule has 4 N–H and O–H groups in total. The Hall–Kier alpha value is -6.57. The largest absolute Gasteiger partial charge is 2.00 e. The van der Waals surface area contributed by atoms with Crippen LogP contribution in [0.3, 0.4) is 0 Å². The molecule has 1 radical (unpaired) electrons. The Labute approximate surface area is 412 Å².